The lowest BCUT2D eigenvalue weighted by Crippen LogP contribution is -2.41. The van der Waals surface area contributed by atoms with E-state index in [9.17, 15) is 29.1 Å². The number of amides is 1. The van der Waals surface area contributed by atoms with Crippen molar-refractivity contribution in [2.45, 2.75) is 77.4 Å². The molecule has 2 aromatic rings. The average Bonchev–Trinajstić information content (AvgIpc) is 3.28. The van der Waals surface area contributed by atoms with E-state index in [-0.39, 0.29) is 51.2 Å². The van der Waals surface area contributed by atoms with E-state index in [0.717, 1.165) is 22.3 Å². The normalized spacial score (nSPS) is 13.8. The molecule has 0 aromatic heterocycles. The van der Waals surface area contributed by atoms with Gasteiger partial charge in [-0.15, -0.1) is 0 Å². The highest BCUT2D eigenvalue weighted by molar-refractivity contribution is 5.90. The Kier molecular flexibility index (Phi) is 12.3. The van der Waals surface area contributed by atoms with Crippen LogP contribution in [0, 0.1) is 5.92 Å². The summed E-state index contributed by atoms with van der Waals surface area (Å²) >= 11 is 0. The van der Waals surface area contributed by atoms with Crippen molar-refractivity contribution >= 4 is 29.8 Å². The SMILES string of the molecule is CCOC(=O)CCC(=O)[C@H](CC=CC[C@H](CC(=O)OC(C)(C)C)C(=O)O)NC(=O)OCC1c2ccccc2-c2ccccc21. The number of Topliss-reactive ketones (excluding diaryl/α,β-unsaturated/α-hetero) is 1. The molecule has 0 aliphatic heterocycles. The van der Waals surface area contributed by atoms with Crippen LogP contribution >= 0.6 is 0 Å². The summed E-state index contributed by atoms with van der Waals surface area (Å²) in [6, 6.07) is 14.8. The zero-order valence-electron chi connectivity index (χ0n) is 25.7. The third-order valence-electron chi connectivity index (χ3n) is 7.05. The summed E-state index contributed by atoms with van der Waals surface area (Å²) in [5, 5.41) is 12.2. The number of allylic oxidation sites excluding steroid dienone is 1. The third kappa shape index (κ3) is 10.1. The van der Waals surface area contributed by atoms with E-state index in [1.165, 1.54) is 0 Å². The number of hydrogen-bond acceptors (Lipinski definition) is 8. The highest BCUT2D eigenvalue weighted by Gasteiger charge is 2.30. The van der Waals surface area contributed by atoms with Crippen LogP contribution in [-0.2, 0) is 33.4 Å². The Labute approximate surface area is 257 Å². The number of benzene rings is 2. The first-order valence-electron chi connectivity index (χ1n) is 14.8. The van der Waals surface area contributed by atoms with Crippen molar-refractivity contribution in [3.05, 3.63) is 71.8 Å². The van der Waals surface area contributed by atoms with Gasteiger partial charge in [-0.2, -0.15) is 0 Å². The number of hydrogen-bond donors (Lipinski definition) is 2. The van der Waals surface area contributed by atoms with Crippen LogP contribution in [-0.4, -0.2) is 59.7 Å². The zero-order valence-corrected chi connectivity index (χ0v) is 25.7. The minimum atomic E-state index is -1.15. The van der Waals surface area contributed by atoms with Crippen LogP contribution < -0.4 is 5.32 Å². The largest absolute Gasteiger partial charge is 0.481 e. The second kappa shape index (κ2) is 15.8. The maximum Gasteiger partial charge on any atom is 0.407 e. The number of ether oxygens (including phenoxy) is 3. The highest BCUT2D eigenvalue weighted by Crippen LogP contribution is 2.44. The van der Waals surface area contributed by atoms with Gasteiger partial charge in [-0.05, 0) is 62.8 Å². The molecular formula is C34H41NO9. The van der Waals surface area contributed by atoms with Gasteiger partial charge in [-0.1, -0.05) is 60.7 Å². The Bertz CT molecular complexity index is 1330. The Balaban J connectivity index is 1.64. The number of rotatable bonds is 15. The van der Waals surface area contributed by atoms with Gasteiger partial charge in [0.1, 0.15) is 12.2 Å². The lowest BCUT2D eigenvalue weighted by molar-refractivity contribution is -0.159. The Morgan fingerprint density at radius 1 is 0.864 bits per heavy atom. The Hall–Kier alpha value is -4.47. The maximum atomic E-state index is 13.0. The van der Waals surface area contributed by atoms with Crippen molar-refractivity contribution in [3.63, 3.8) is 0 Å². The Morgan fingerprint density at radius 3 is 2.02 bits per heavy atom. The van der Waals surface area contributed by atoms with Gasteiger partial charge in [0.15, 0.2) is 5.78 Å². The minimum absolute atomic E-state index is 0.0171. The van der Waals surface area contributed by atoms with Crippen molar-refractivity contribution in [3.8, 4) is 11.1 Å². The molecule has 0 bridgehead atoms. The van der Waals surface area contributed by atoms with Gasteiger partial charge >= 0.3 is 24.0 Å². The minimum Gasteiger partial charge on any atom is -0.481 e. The van der Waals surface area contributed by atoms with E-state index in [2.05, 4.69) is 5.32 Å². The fourth-order valence-corrected chi connectivity index (χ4v) is 5.03. The van der Waals surface area contributed by atoms with Gasteiger partial charge in [0.05, 0.1) is 31.4 Å². The fraction of sp³-hybridized carbons (Fsp3) is 0.441. The number of carbonyl (C=O) groups excluding carboxylic acids is 4. The molecule has 1 aliphatic carbocycles. The van der Waals surface area contributed by atoms with E-state index in [4.69, 9.17) is 14.2 Å². The molecule has 44 heavy (non-hydrogen) atoms. The predicted molar refractivity (Wildman–Crippen MR) is 163 cm³/mol. The highest BCUT2D eigenvalue weighted by atomic mass is 16.6. The topological polar surface area (TPSA) is 145 Å². The van der Waals surface area contributed by atoms with Gasteiger partial charge in [0, 0.05) is 12.3 Å². The molecule has 0 saturated carbocycles. The first-order valence-corrected chi connectivity index (χ1v) is 14.8. The molecule has 0 radical (unpaired) electrons. The zero-order chi connectivity index (χ0) is 32.3. The quantitative estimate of drug-likeness (QED) is 0.151. The van der Waals surface area contributed by atoms with Gasteiger partial charge in [0.2, 0.25) is 0 Å². The van der Waals surface area contributed by atoms with Crippen LogP contribution in [0.15, 0.2) is 60.7 Å². The molecule has 10 nitrogen and oxygen atoms in total. The molecule has 236 valence electrons. The molecule has 0 unspecified atom stereocenters. The van der Waals surface area contributed by atoms with Crippen molar-refractivity contribution in [1.29, 1.82) is 0 Å². The molecule has 0 spiro atoms. The number of carboxylic acid groups (broad SMARTS) is 1. The first-order chi connectivity index (χ1) is 20.9. The van der Waals surface area contributed by atoms with Crippen LogP contribution in [0.4, 0.5) is 4.79 Å². The van der Waals surface area contributed by atoms with Gasteiger partial charge in [-0.3, -0.25) is 19.2 Å². The second-order valence-electron chi connectivity index (χ2n) is 11.6. The van der Waals surface area contributed by atoms with Crippen molar-refractivity contribution < 1.29 is 43.3 Å². The number of ketones is 1. The standard InChI is InChI=1S/C34H41NO9/c1-5-42-30(37)19-18-29(36)28(17-11-6-12-22(32(39)40)20-31(38)44-34(2,3)4)35-33(41)43-21-27-25-15-9-7-13-23(25)24-14-8-10-16-26(24)27/h6-11,13-16,22,27-28H,5,12,17-21H2,1-4H3,(H,35,41)(H,39,40)/t22-,28+/m1/s1. The predicted octanol–water partition coefficient (Wildman–Crippen LogP) is 5.58. The molecule has 0 heterocycles. The number of carbonyl (C=O) groups is 5. The summed E-state index contributed by atoms with van der Waals surface area (Å²) in [6.07, 6.45) is 1.77. The molecule has 2 N–H and O–H groups in total. The lowest BCUT2D eigenvalue weighted by atomic mass is 9.98. The number of esters is 2. The molecule has 3 rings (SSSR count). The van der Waals surface area contributed by atoms with Crippen LogP contribution in [0.25, 0.3) is 11.1 Å². The lowest BCUT2D eigenvalue weighted by Gasteiger charge is -2.20. The number of alkyl carbamates (subject to hydrolysis) is 1. The molecule has 1 amide bonds. The van der Waals surface area contributed by atoms with Crippen LogP contribution in [0.5, 0.6) is 0 Å². The summed E-state index contributed by atoms with van der Waals surface area (Å²) < 4.78 is 15.7. The number of nitrogens with one attached hydrogen (secondary N) is 1. The van der Waals surface area contributed by atoms with Crippen LogP contribution in [0.3, 0.4) is 0 Å². The third-order valence-corrected chi connectivity index (χ3v) is 7.05. The summed E-state index contributed by atoms with van der Waals surface area (Å²) in [5.74, 6) is -3.89. The van der Waals surface area contributed by atoms with Crippen molar-refractivity contribution in [1.82, 2.24) is 5.32 Å². The second-order valence-corrected chi connectivity index (χ2v) is 11.6. The first kappa shape index (κ1) is 34.0. The van der Waals surface area contributed by atoms with Crippen molar-refractivity contribution in [2.75, 3.05) is 13.2 Å². The maximum absolute atomic E-state index is 13.0. The van der Waals surface area contributed by atoms with E-state index in [1.54, 1.807) is 39.8 Å². The smallest absolute Gasteiger partial charge is 0.407 e. The number of carboxylic acids is 1. The molecule has 2 atom stereocenters. The number of aliphatic carboxylic acids is 1. The van der Waals surface area contributed by atoms with Gasteiger partial charge < -0.3 is 24.6 Å². The summed E-state index contributed by atoms with van der Waals surface area (Å²) in [7, 11) is 0. The number of fused-ring (bicyclic) bond motifs is 3. The molecule has 0 fully saturated rings. The Morgan fingerprint density at radius 2 is 1.45 bits per heavy atom. The molecule has 1 aliphatic rings. The molecule has 10 heteroatoms. The molecular weight excluding hydrogens is 566 g/mol. The van der Waals surface area contributed by atoms with Crippen molar-refractivity contribution in [2.24, 2.45) is 5.92 Å². The average molecular weight is 608 g/mol. The van der Waals surface area contributed by atoms with Gasteiger partial charge in [-0.25, -0.2) is 4.79 Å². The molecule has 0 saturated heterocycles. The van der Waals surface area contributed by atoms with E-state index < -0.39 is 47.3 Å². The summed E-state index contributed by atoms with van der Waals surface area (Å²) in [5.41, 5.74) is 3.52. The van der Waals surface area contributed by atoms with E-state index in [1.807, 2.05) is 48.5 Å². The molecule has 2 aromatic carbocycles. The van der Waals surface area contributed by atoms with E-state index in [0.29, 0.717) is 0 Å². The van der Waals surface area contributed by atoms with E-state index >= 15 is 0 Å². The van der Waals surface area contributed by atoms with Crippen LogP contribution in [0.2, 0.25) is 0 Å². The monoisotopic (exact) mass is 607 g/mol. The van der Waals surface area contributed by atoms with Crippen LogP contribution in [0.1, 0.15) is 76.8 Å². The summed E-state index contributed by atoms with van der Waals surface area (Å²) in [6.45, 7) is 7.00. The van der Waals surface area contributed by atoms with Gasteiger partial charge in [0.25, 0.3) is 0 Å². The summed E-state index contributed by atoms with van der Waals surface area (Å²) in [4.78, 5) is 61.6. The fourth-order valence-electron chi connectivity index (χ4n) is 5.03.